The maximum Gasteiger partial charge on any atom is 0.331 e. The Morgan fingerprint density at radius 3 is 2.54 bits per heavy atom. The van der Waals surface area contributed by atoms with Crippen molar-refractivity contribution in [2.24, 2.45) is 0 Å². The maximum absolute atomic E-state index is 13.7. The van der Waals surface area contributed by atoms with Crippen LogP contribution in [0, 0.1) is 5.82 Å². The average molecular weight is 394 g/mol. The molecule has 0 heterocycles. The molecule has 0 saturated carbocycles. The number of amides is 1. The van der Waals surface area contributed by atoms with Gasteiger partial charge in [0, 0.05) is 16.0 Å². The number of carbonyl (C=O) groups excluding carboxylic acids is 2. The lowest BCUT2D eigenvalue weighted by Gasteiger charge is -2.13. The molecule has 0 fully saturated rings. The van der Waals surface area contributed by atoms with Gasteiger partial charge in [-0.3, -0.25) is 4.79 Å². The van der Waals surface area contributed by atoms with E-state index in [1.807, 2.05) is 30.5 Å². The quantitative estimate of drug-likeness (QED) is 0.435. The summed E-state index contributed by atoms with van der Waals surface area (Å²) in [6, 6.07) is 11.5. The van der Waals surface area contributed by atoms with E-state index in [4.69, 9.17) is 16.3 Å². The molecule has 0 radical (unpaired) electrons. The summed E-state index contributed by atoms with van der Waals surface area (Å²) >= 11 is 7.28. The zero-order valence-corrected chi connectivity index (χ0v) is 15.7. The van der Waals surface area contributed by atoms with E-state index in [2.05, 4.69) is 5.32 Å². The van der Waals surface area contributed by atoms with E-state index in [-0.39, 0.29) is 10.7 Å². The Hall–Kier alpha value is -2.31. The molecule has 0 aliphatic rings. The number of hydrogen-bond donors (Lipinski definition) is 1. The number of esters is 1. The summed E-state index contributed by atoms with van der Waals surface area (Å²) in [7, 11) is 0. The van der Waals surface area contributed by atoms with E-state index in [9.17, 15) is 14.0 Å². The highest BCUT2D eigenvalue weighted by Gasteiger charge is 2.18. The van der Waals surface area contributed by atoms with Gasteiger partial charge in [-0.25, -0.2) is 9.18 Å². The molecule has 0 aromatic heterocycles. The summed E-state index contributed by atoms with van der Waals surface area (Å²) in [6.45, 7) is 1.40. The molecule has 0 spiro atoms. The molecule has 1 N–H and O–H groups in total. The Balaban J connectivity index is 1.90. The monoisotopic (exact) mass is 393 g/mol. The lowest BCUT2D eigenvalue weighted by molar-refractivity contribution is -0.148. The van der Waals surface area contributed by atoms with Crippen LogP contribution in [0.25, 0.3) is 6.08 Å². The highest BCUT2D eigenvalue weighted by atomic mass is 35.5. The smallest absolute Gasteiger partial charge is 0.331 e. The fourth-order valence-corrected chi connectivity index (χ4v) is 2.54. The first-order valence-electron chi connectivity index (χ1n) is 7.67. The fraction of sp³-hybridized carbons (Fsp3) is 0.158. The van der Waals surface area contributed by atoms with Crippen LogP contribution in [0.5, 0.6) is 0 Å². The number of rotatable bonds is 6. The van der Waals surface area contributed by atoms with Crippen molar-refractivity contribution < 1.29 is 18.7 Å². The molecule has 136 valence electrons. The van der Waals surface area contributed by atoms with E-state index < -0.39 is 23.8 Å². The van der Waals surface area contributed by atoms with Crippen molar-refractivity contribution >= 4 is 47.0 Å². The van der Waals surface area contributed by atoms with Crippen LogP contribution >= 0.6 is 23.4 Å². The third-order valence-electron chi connectivity index (χ3n) is 3.38. The summed E-state index contributed by atoms with van der Waals surface area (Å²) < 4.78 is 18.7. The topological polar surface area (TPSA) is 55.4 Å². The number of hydrogen-bond acceptors (Lipinski definition) is 4. The predicted octanol–water partition coefficient (Wildman–Crippen LogP) is 4.78. The summed E-state index contributed by atoms with van der Waals surface area (Å²) in [4.78, 5) is 25.0. The first-order chi connectivity index (χ1) is 12.4. The molecule has 0 bridgehead atoms. The second kappa shape index (κ2) is 9.40. The Bertz CT molecular complexity index is 824. The molecule has 26 heavy (non-hydrogen) atoms. The van der Waals surface area contributed by atoms with Crippen molar-refractivity contribution in [2.75, 3.05) is 11.6 Å². The van der Waals surface area contributed by atoms with E-state index in [0.29, 0.717) is 0 Å². The standard InChI is InChI=1S/C19H17ClFNO3S/c1-12(19(24)22-17-9-6-14(20)11-16(17)21)25-18(23)10-5-13-3-7-15(26-2)8-4-13/h3-12H,1-2H3,(H,22,24)/b10-5+/t12-/m0/s1. The van der Waals surface area contributed by atoms with Crippen molar-refractivity contribution in [3.8, 4) is 0 Å². The SMILES string of the molecule is CSc1ccc(/C=C/C(=O)O[C@@H](C)C(=O)Nc2ccc(Cl)cc2F)cc1. The minimum Gasteiger partial charge on any atom is -0.449 e. The van der Waals surface area contributed by atoms with Crippen molar-refractivity contribution in [1.29, 1.82) is 0 Å². The third-order valence-corrected chi connectivity index (χ3v) is 4.36. The van der Waals surface area contributed by atoms with Crippen LogP contribution in [0.3, 0.4) is 0 Å². The normalized spacial score (nSPS) is 12.0. The van der Waals surface area contributed by atoms with Crippen LogP contribution in [0.15, 0.2) is 53.4 Å². The molecule has 0 aliphatic carbocycles. The number of ether oxygens (including phenoxy) is 1. The summed E-state index contributed by atoms with van der Waals surface area (Å²) in [6.07, 6.45) is 3.72. The van der Waals surface area contributed by atoms with Crippen LogP contribution in [0.1, 0.15) is 12.5 Å². The van der Waals surface area contributed by atoms with E-state index in [0.717, 1.165) is 16.5 Å². The number of anilines is 1. The van der Waals surface area contributed by atoms with Crippen LogP contribution in [0.4, 0.5) is 10.1 Å². The number of benzene rings is 2. The molecule has 0 aliphatic heterocycles. The largest absolute Gasteiger partial charge is 0.449 e. The van der Waals surface area contributed by atoms with E-state index in [1.54, 1.807) is 17.8 Å². The highest BCUT2D eigenvalue weighted by Crippen LogP contribution is 2.19. The molecular weight excluding hydrogens is 377 g/mol. The van der Waals surface area contributed by atoms with E-state index in [1.165, 1.54) is 25.1 Å². The first-order valence-corrected chi connectivity index (χ1v) is 9.28. The minimum absolute atomic E-state index is 0.0354. The van der Waals surface area contributed by atoms with Gasteiger partial charge < -0.3 is 10.1 Å². The molecule has 7 heteroatoms. The van der Waals surface area contributed by atoms with Gasteiger partial charge in [0.2, 0.25) is 0 Å². The van der Waals surface area contributed by atoms with Crippen LogP contribution in [-0.4, -0.2) is 24.2 Å². The molecule has 2 rings (SSSR count). The molecule has 1 amide bonds. The van der Waals surface area contributed by atoms with Crippen LogP contribution < -0.4 is 5.32 Å². The minimum atomic E-state index is -1.08. The van der Waals surface area contributed by atoms with Gasteiger partial charge in [0.1, 0.15) is 5.82 Å². The van der Waals surface area contributed by atoms with Gasteiger partial charge in [0.05, 0.1) is 5.69 Å². The second-order valence-electron chi connectivity index (χ2n) is 5.30. The Labute approximate surface area is 160 Å². The third kappa shape index (κ3) is 5.89. The fourth-order valence-electron chi connectivity index (χ4n) is 1.97. The molecule has 0 saturated heterocycles. The zero-order chi connectivity index (χ0) is 19.1. The van der Waals surface area contributed by atoms with Gasteiger partial charge in [0.25, 0.3) is 5.91 Å². The first kappa shape index (κ1) is 20.0. The van der Waals surface area contributed by atoms with E-state index >= 15 is 0 Å². The van der Waals surface area contributed by atoms with Crippen molar-refractivity contribution in [3.05, 3.63) is 64.9 Å². The lowest BCUT2D eigenvalue weighted by Crippen LogP contribution is -2.29. The van der Waals surface area contributed by atoms with Crippen LogP contribution in [0.2, 0.25) is 5.02 Å². The second-order valence-corrected chi connectivity index (χ2v) is 6.62. The molecule has 0 unspecified atom stereocenters. The van der Waals surface area contributed by atoms with Gasteiger partial charge in [0.15, 0.2) is 6.10 Å². The van der Waals surface area contributed by atoms with Crippen molar-refractivity contribution in [2.45, 2.75) is 17.9 Å². The van der Waals surface area contributed by atoms with Gasteiger partial charge in [-0.05, 0) is 55.2 Å². The molecular formula is C19H17ClFNO3S. The van der Waals surface area contributed by atoms with Gasteiger partial charge in [-0.1, -0.05) is 23.7 Å². The molecule has 1 atom stereocenters. The Morgan fingerprint density at radius 1 is 1.23 bits per heavy atom. The Kier molecular flexibility index (Phi) is 7.24. The molecule has 2 aromatic carbocycles. The number of nitrogens with one attached hydrogen (secondary N) is 1. The average Bonchev–Trinajstić information content (AvgIpc) is 2.62. The number of thioether (sulfide) groups is 1. The van der Waals surface area contributed by atoms with Crippen molar-refractivity contribution in [1.82, 2.24) is 0 Å². The van der Waals surface area contributed by atoms with Gasteiger partial charge in [-0.2, -0.15) is 0 Å². The van der Waals surface area contributed by atoms with Gasteiger partial charge in [-0.15, -0.1) is 11.8 Å². The maximum atomic E-state index is 13.7. The molecule has 2 aromatic rings. The predicted molar refractivity (Wildman–Crippen MR) is 103 cm³/mol. The summed E-state index contributed by atoms with van der Waals surface area (Å²) in [5, 5.41) is 2.57. The number of halogens is 2. The Morgan fingerprint density at radius 2 is 1.92 bits per heavy atom. The highest BCUT2D eigenvalue weighted by molar-refractivity contribution is 7.98. The van der Waals surface area contributed by atoms with Crippen LogP contribution in [-0.2, 0) is 14.3 Å². The lowest BCUT2D eigenvalue weighted by atomic mass is 10.2. The number of carbonyl (C=O) groups is 2. The van der Waals surface area contributed by atoms with Gasteiger partial charge >= 0.3 is 5.97 Å². The summed E-state index contributed by atoms with van der Waals surface area (Å²) in [5.74, 6) is -1.98. The zero-order valence-electron chi connectivity index (χ0n) is 14.2. The van der Waals surface area contributed by atoms with Crippen molar-refractivity contribution in [3.63, 3.8) is 0 Å². The summed E-state index contributed by atoms with van der Waals surface area (Å²) in [5.41, 5.74) is 0.798. The molecule has 4 nitrogen and oxygen atoms in total.